The van der Waals surface area contributed by atoms with Crippen LogP contribution in [0.4, 0.5) is 0 Å². The Kier molecular flexibility index (Phi) is 4.14. The van der Waals surface area contributed by atoms with Crippen molar-refractivity contribution in [3.63, 3.8) is 0 Å². The summed E-state index contributed by atoms with van der Waals surface area (Å²) in [5, 5.41) is 11.4. The molecule has 1 N–H and O–H groups in total. The third kappa shape index (κ3) is 2.62. The molecule has 0 amide bonds. The summed E-state index contributed by atoms with van der Waals surface area (Å²) in [5.41, 5.74) is 4.53. The highest BCUT2D eigenvalue weighted by atomic mass is 79.9. The van der Waals surface area contributed by atoms with Crippen molar-refractivity contribution in [2.75, 3.05) is 6.54 Å². The van der Waals surface area contributed by atoms with Crippen molar-refractivity contribution in [2.45, 2.75) is 27.3 Å². The lowest BCUT2D eigenvalue weighted by Gasteiger charge is -2.10. The van der Waals surface area contributed by atoms with Gasteiger partial charge in [-0.05, 0) is 43.7 Å². The van der Waals surface area contributed by atoms with E-state index in [9.17, 15) is 0 Å². The van der Waals surface area contributed by atoms with Crippen LogP contribution in [0.5, 0.6) is 0 Å². The average molecular weight is 309 g/mol. The summed E-state index contributed by atoms with van der Waals surface area (Å²) in [7, 11) is 0. The lowest BCUT2D eigenvalue weighted by molar-refractivity contribution is 0.672. The predicted molar refractivity (Wildman–Crippen MR) is 75.9 cm³/mol. The summed E-state index contributed by atoms with van der Waals surface area (Å²) in [4.78, 5) is 0. The molecule has 2 aromatic rings. The van der Waals surface area contributed by atoms with Gasteiger partial charge in [-0.25, -0.2) is 4.68 Å². The first-order chi connectivity index (χ1) is 8.63. The van der Waals surface area contributed by atoms with Gasteiger partial charge < -0.3 is 5.32 Å². The molecule has 0 bridgehead atoms. The number of nitrogens with one attached hydrogen (secondary N) is 1. The third-order valence-corrected chi connectivity index (χ3v) is 4.09. The van der Waals surface area contributed by atoms with Crippen LogP contribution in [-0.4, -0.2) is 21.5 Å². The monoisotopic (exact) mass is 308 g/mol. The highest BCUT2D eigenvalue weighted by molar-refractivity contribution is 9.10. The smallest absolute Gasteiger partial charge is 0.0783 e. The van der Waals surface area contributed by atoms with E-state index in [1.165, 1.54) is 11.1 Å². The molecular formula is C13H17BrN4. The van der Waals surface area contributed by atoms with Crippen LogP contribution in [0, 0.1) is 13.8 Å². The lowest BCUT2D eigenvalue weighted by atomic mass is 10.1. The van der Waals surface area contributed by atoms with Gasteiger partial charge in [0.1, 0.15) is 0 Å². The molecule has 0 aliphatic carbocycles. The van der Waals surface area contributed by atoms with E-state index in [0.717, 1.165) is 28.9 Å². The molecule has 0 spiro atoms. The highest BCUT2D eigenvalue weighted by Gasteiger charge is 2.08. The molecule has 1 aromatic heterocycles. The molecule has 1 heterocycles. The van der Waals surface area contributed by atoms with Crippen LogP contribution >= 0.6 is 15.9 Å². The first kappa shape index (κ1) is 13.2. The zero-order valence-electron chi connectivity index (χ0n) is 10.9. The number of aromatic nitrogens is 3. The van der Waals surface area contributed by atoms with Crippen LogP contribution in [-0.2, 0) is 6.54 Å². The third-order valence-electron chi connectivity index (χ3n) is 2.84. The molecule has 0 saturated carbocycles. The van der Waals surface area contributed by atoms with E-state index in [0.29, 0.717) is 0 Å². The molecule has 0 aliphatic heterocycles. The van der Waals surface area contributed by atoms with Crippen LogP contribution in [0.25, 0.3) is 5.69 Å². The standard InChI is InChI=1S/C13H17BrN4/c1-4-15-7-12-8-16-17-18(12)11-5-9(2)13(14)10(3)6-11/h5-6,8,15H,4,7H2,1-3H3. The van der Waals surface area contributed by atoms with Crippen LogP contribution < -0.4 is 5.32 Å². The summed E-state index contributed by atoms with van der Waals surface area (Å²) < 4.78 is 3.04. The quantitative estimate of drug-likeness (QED) is 0.944. The Hall–Kier alpha value is -1.20. The maximum Gasteiger partial charge on any atom is 0.0783 e. The zero-order valence-corrected chi connectivity index (χ0v) is 12.5. The maximum absolute atomic E-state index is 4.16. The molecule has 4 nitrogen and oxygen atoms in total. The molecule has 0 atom stereocenters. The van der Waals surface area contributed by atoms with Crippen molar-refractivity contribution >= 4 is 15.9 Å². The number of hydrogen-bond acceptors (Lipinski definition) is 3. The molecule has 0 saturated heterocycles. The topological polar surface area (TPSA) is 42.7 Å². The number of rotatable bonds is 4. The zero-order chi connectivity index (χ0) is 13.1. The second-order valence-corrected chi connectivity index (χ2v) is 5.10. The van der Waals surface area contributed by atoms with Crippen LogP contribution in [0.1, 0.15) is 23.7 Å². The average Bonchev–Trinajstić information content (AvgIpc) is 2.81. The van der Waals surface area contributed by atoms with E-state index in [4.69, 9.17) is 0 Å². The number of aryl methyl sites for hydroxylation is 2. The number of hydrogen-bond donors (Lipinski definition) is 1. The lowest BCUT2D eigenvalue weighted by Crippen LogP contribution is -2.15. The maximum atomic E-state index is 4.16. The molecule has 2 rings (SSSR count). The van der Waals surface area contributed by atoms with Crippen molar-refractivity contribution in [3.05, 3.63) is 39.6 Å². The fraction of sp³-hybridized carbons (Fsp3) is 0.385. The molecule has 0 unspecified atom stereocenters. The van der Waals surface area contributed by atoms with E-state index in [-0.39, 0.29) is 0 Å². The van der Waals surface area contributed by atoms with Crippen molar-refractivity contribution in [1.82, 2.24) is 20.3 Å². The number of benzene rings is 1. The molecule has 1 aromatic carbocycles. The van der Waals surface area contributed by atoms with Gasteiger partial charge >= 0.3 is 0 Å². The van der Waals surface area contributed by atoms with Crippen molar-refractivity contribution in [3.8, 4) is 5.69 Å². The Bertz CT molecular complexity index is 525. The van der Waals surface area contributed by atoms with Crippen molar-refractivity contribution in [2.24, 2.45) is 0 Å². The van der Waals surface area contributed by atoms with E-state index in [1.807, 2.05) is 4.68 Å². The Balaban J connectivity index is 2.40. The molecule has 5 heteroatoms. The Labute approximate surface area is 116 Å². The number of nitrogens with zero attached hydrogens (tertiary/aromatic N) is 3. The largest absolute Gasteiger partial charge is 0.311 e. The minimum Gasteiger partial charge on any atom is -0.311 e. The van der Waals surface area contributed by atoms with Gasteiger partial charge in [-0.15, -0.1) is 5.10 Å². The van der Waals surface area contributed by atoms with Crippen molar-refractivity contribution in [1.29, 1.82) is 0 Å². The Morgan fingerprint density at radius 3 is 2.56 bits per heavy atom. The molecule has 0 radical (unpaired) electrons. The Morgan fingerprint density at radius 2 is 1.94 bits per heavy atom. The van der Waals surface area contributed by atoms with Gasteiger partial charge in [-0.3, -0.25) is 0 Å². The first-order valence-electron chi connectivity index (χ1n) is 6.01. The fourth-order valence-corrected chi connectivity index (χ4v) is 2.12. The predicted octanol–water partition coefficient (Wildman–Crippen LogP) is 2.76. The normalized spacial score (nSPS) is 10.9. The van der Waals surface area contributed by atoms with E-state index in [2.05, 4.69) is 64.5 Å². The Morgan fingerprint density at radius 1 is 1.28 bits per heavy atom. The minimum atomic E-state index is 0.775. The van der Waals surface area contributed by atoms with Gasteiger partial charge in [0.05, 0.1) is 17.6 Å². The number of halogens is 1. The van der Waals surface area contributed by atoms with E-state index >= 15 is 0 Å². The summed E-state index contributed by atoms with van der Waals surface area (Å²) >= 11 is 3.58. The molecule has 0 fully saturated rings. The van der Waals surface area contributed by atoms with Crippen LogP contribution in [0.2, 0.25) is 0 Å². The first-order valence-corrected chi connectivity index (χ1v) is 6.80. The van der Waals surface area contributed by atoms with Crippen LogP contribution in [0.3, 0.4) is 0 Å². The van der Waals surface area contributed by atoms with Gasteiger partial charge in [0.2, 0.25) is 0 Å². The summed E-state index contributed by atoms with van der Waals surface area (Å²) in [6.45, 7) is 7.96. The van der Waals surface area contributed by atoms with Gasteiger partial charge in [0.25, 0.3) is 0 Å². The van der Waals surface area contributed by atoms with Crippen LogP contribution in [0.15, 0.2) is 22.8 Å². The second-order valence-electron chi connectivity index (χ2n) is 4.31. The second kappa shape index (κ2) is 5.63. The molecule has 96 valence electrons. The van der Waals surface area contributed by atoms with Gasteiger partial charge in [0, 0.05) is 11.0 Å². The van der Waals surface area contributed by atoms with Gasteiger partial charge in [0.15, 0.2) is 0 Å². The summed E-state index contributed by atoms with van der Waals surface area (Å²) in [6, 6.07) is 4.22. The molecule has 0 aliphatic rings. The van der Waals surface area contributed by atoms with Gasteiger partial charge in [-0.2, -0.15) is 0 Å². The van der Waals surface area contributed by atoms with Crippen molar-refractivity contribution < 1.29 is 0 Å². The van der Waals surface area contributed by atoms with E-state index < -0.39 is 0 Å². The summed E-state index contributed by atoms with van der Waals surface area (Å²) in [5.74, 6) is 0. The van der Waals surface area contributed by atoms with E-state index in [1.54, 1.807) is 6.20 Å². The highest BCUT2D eigenvalue weighted by Crippen LogP contribution is 2.24. The molecule has 18 heavy (non-hydrogen) atoms. The van der Waals surface area contributed by atoms with Gasteiger partial charge in [-0.1, -0.05) is 28.1 Å². The SMILES string of the molecule is CCNCc1cnnn1-c1cc(C)c(Br)c(C)c1. The fourth-order valence-electron chi connectivity index (χ4n) is 1.89. The molecular weight excluding hydrogens is 292 g/mol. The minimum absolute atomic E-state index is 0.775. The summed E-state index contributed by atoms with van der Waals surface area (Å²) in [6.07, 6.45) is 1.80.